The van der Waals surface area contributed by atoms with Crippen molar-refractivity contribution in [2.24, 2.45) is 5.73 Å². The molecule has 2 saturated heterocycles. The van der Waals surface area contributed by atoms with Crippen LogP contribution < -0.4 is 11.5 Å². The van der Waals surface area contributed by atoms with Crippen LogP contribution in [0.5, 0.6) is 5.75 Å². The predicted octanol–water partition coefficient (Wildman–Crippen LogP) is 3.49. The van der Waals surface area contributed by atoms with Crippen molar-refractivity contribution in [2.45, 2.75) is 62.4 Å². The number of hydrogen-bond acceptors (Lipinski definition) is 24. The third-order valence-corrected chi connectivity index (χ3v) is 15.2. The Morgan fingerprint density at radius 2 is 1.28 bits per heavy atom. The van der Waals surface area contributed by atoms with Crippen molar-refractivity contribution in [3.8, 4) is 5.75 Å². The molecule has 10 atom stereocenters. The number of ether oxygens (including phenoxy) is 2. The number of nitrogens with zero attached hydrogens (tertiary/aromatic N) is 9. The number of H-pyrrole nitrogens is 2. The van der Waals surface area contributed by atoms with Gasteiger partial charge in [-0.1, -0.05) is 6.08 Å². The molecule has 82 heavy (non-hydrogen) atoms. The summed E-state index contributed by atoms with van der Waals surface area (Å²) in [6, 6.07) is 18.2. The first-order valence-corrected chi connectivity index (χ1v) is 27.1. The van der Waals surface area contributed by atoms with E-state index in [2.05, 4.69) is 69.5 Å². The Morgan fingerprint density at radius 1 is 0.756 bits per heavy atom. The third kappa shape index (κ3) is 13.5. The van der Waals surface area contributed by atoms with Gasteiger partial charge in [-0.05, 0) is 86.2 Å². The average Bonchev–Trinajstić information content (AvgIpc) is 4.48. The van der Waals surface area contributed by atoms with Crippen LogP contribution in [0.1, 0.15) is 41.0 Å². The number of nitro benzene ring substituents is 2. The number of anilines is 1. The summed E-state index contributed by atoms with van der Waals surface area (Å²) < 4.78 is 50.8. The zero-order valence-electron chi connectivity index (χ0n) is 42.3. The maximum Gasteiger partial charge on any atom is 0.481 e. The number of hydrogen-bond donors (Lipinski definition) is 11. The fraction of sp³-hybridized carbons (Fsp3) is 0.250. The topological polar surface area (TPSA) is 481 Å². The summed E-state index contributed by atoms with van der Waals surface area (Å²) in [6.45, 7) is -0.429. The van der Waals surface area contributed by atoms with Crippen LogP contribution in [-0.4, -0.2) is 151 Å². The first-order chi connectivity index (χ1) is 38.9. The average molecular weight is 1170 g/mol. The van der Waals surface area contributed by atoms with Crippen molar-refractivity contribution >= 4 is 96.3 Å². The second-order valence-electron chi connectivity index (χ2n) is 18.4. The van der Waals surface area contributed by atoms with E-state index in [1.165, 1.54) is 35.1 Å². The van der Waals surface area contributed by atoms with E-state index in [-0.39, 0.29) is 34.5 Å². The molecular weight excluding hydrogens is 1120 g/mol. The van der Waals surface area contributed by atoms with E-state index in [1.807, 2.05) is 42.5 Å². The molecule has 11 rings (SSSR count). The number of amides is 1. The number of nitrogen functional groups attached to an aromatic ring is 1. The second-order valence-corrected chi connectivity index (χ2v) is 21.4. The number of phosphoric ester groups is 2. The number of phenols is 1. The SMILES string of the molecule is C1=Cc2cc3ccc(cc4ccc(cc5nc(cc1n2)C=C5)[nH]4)[nH]3.Cc1cc([N+](=O)[O-])cc([N+](=O)[O-])c1O.NC(=O)C1=CN([C@@H]2O[C@H](COP(=O)(O)OP(=O)(O)OC[C@H]3O[C@@H](n4cnc5c(N)ncnc54)[C@H](O)[C@@H]3O)[C@@H](O)[C@H]2O)C=CC1. The summed E-state index contributed by atoms with van der Waals surface area (Å²) in [4.78, 5) is 79.7. The molecule has 2 unspecified atom stereocenters. The molecule has 6 aromatic rings. The van der Waals surface area contributed by atoms with Crippen molar-refractivity contribution in [1.29, 1.82) is 0 Å². The number of rotatable bonds is 13. The number of non-ortho nitro benzene ring substituents is 1. The molecule has 0 radical (unpaired) electrons. The van der Waals surface area contributed by atoms with Crippen molar-refractivity contribution in [1.82, 2.24) is 44.4 Å². The van der Waals surface area contributed by atoms with Gasteiger partial charge < -0.3 is 71.1 Å². The Hall–Kier alpha value is -8.46. The standard InChI is InChI=1S/C21H29N7O14P2.C20H14N4.C7H6N2O5/c22-17-12-19(25-7-24-17)28(8-26-12)21-16(32)14(30)11(41-21)6-39-44(36,37)42-43(34,35)38-5-10-13(29)15(31)20(40-10)27-3-1-2-9(4-27)18(23)33;1-2-14-10-16-5-6-18(23-16)12-20-8-7-19(24-20)11-17-4-3-15(22-17)9-13(1)21-14;1-4-2-5(8(11)12)3-6(7(4)10)9(13)14/h1,3-4,7-8,10-11,13-16,20-21,29-32H,2,5-6H2,(H2,23,33)(H,34,35)(H,36,37)(H2,22,24,25);1-12,21-22H;2-3,10H,1H3/t10-,11-,13-,14-,15-,16-,20-,21-;;/m1../s1. The molecule has 32 nitrogen and oxygen atoms in total. The van der Waals surface area contributed by atoms with Crippen molar-refractivity contribution in [3.05, 3.63) is 146 Å². The number of aromatic hydroxyl groups is 1. The van der Waals surface area contributed by atoms with Gasteiger partial charge in [0.05, 0.1) is 58.2 Å². The number of phosphoric acid groups is 2. The minimum atomic E-state index is -5.37. The smallest absolute Gasteiger partial charge is 0.481 e. The molecule has 10 heterocycles. The van der Waals surface area contributed by atoms with Crippen LogP contribution in [-0.2, 0) is 36.8 Å². The van der Waals surface area contributed by atoms with E-state index >= 15 is 0 Å². The molecule has 5 aliphatic heterocycles. The van der Waals surface area contributed by atoms with Gasteiger partial charge >= 0.3 is 21.3 Å². The summed E-state index contributed by atoms with van der Waals surface area (Å²) in [5, 5.41) is 71.6. The van der Waals surface area contributed by atoms with Crippen LogP contribution in [0.25, 0.3) is 57.5 Å². The van der Waals surface area contributed by atoms with E-state index in [0.29, 0.717) is 0 Å². The van der Waals surface area contributed by atoms with Crippen LogP contribution in [0.15, 0.2) is 97.4 Å². The fourth-order valence-electron chi connectivity index (χ4n) is 8.61. The summed E-state index contributed by atoms with van der Waals surface area (Å²) in [7, 11) is -10.7. The van der Waals surface area contributed by atoms with Gasteiger partial charge in [-0.15, -0.1) is 0 Å². The minimum absolute atomic E-state index is 0.0517. The van der Waals surface area contributed by atoms with E-state index in [4.69, 9.17) is 30.0 Å². The molecule has 430 valence electrons. The summed E-state index contributed by atoms with van der Waals surface area (Å²) in [5.41, 5.74) is 18.5. The lowest BCUT2D eigenvalue weighted by Gasteiger charge is -2.28. The second kappa shape index (κ2) is 23.9. The number of aliphatic hydroxyl groups is 4. The quantitative estimate of drug-likeness (QED) is 0.0447. The van der Waals surface area contributed by atoms with Crippen LogP contribution in [0.3, 0.4) is 0 Å². The minimum Gasteiger partial charge on any atom is -0.502 e. The zero-order valence-corrected chi connectivity index (χ0v) is 44.1. The highest BCUT2D eigenvalue weighted by Gasteiger charge is 2.48. The van der Waals surface area contributed by atoms with E-state index < -0.39 is 111 Å². The number of aromatic nitrogens is 8. The van der Waals surface area contributed by atoms with Gasteiger partial charge in [0.1, 0.15) is 48.5 Å². The predicted molar refractivity (Wildman–Crippen MR) is 287 cm³/mol. The normalized spacial score (nSPS) is 23.3. The van der Waals surface area contributed by atoms with Gasteiger partial charge in [-0.2, -0.15) is 4.31 Å². The highest BCUT2D eigenvalue weighted by atomic mass is 31.3. The van der Waals surface area contributed by atoms with Crippen LogP contribution >= 0.6 is 15.6 Å². The van der Waals surface area contributed by atoms with Gasteiger partial charge in [0.2, 0.25) is 5.91 Å². The lowest BCUT2D eigenvalue weighted by molar-refractivity contribution is -0.394. The summed E-state index contributed by atoms with van der Waals surface area (Å²) in [6.07, 6.45) is 3.17. The molecule has 1 aromatic carbocycles. The number of aromatic amines is 2. The summed E-state index contributed by atoms with van der Waals surface area (Å²) >= 11 is 0. The van der Waals surface area contributed by atoms with Crippen molar-refractivity contribution in [2.75, 3.05) is 18.9 Å². The Bertz CT molecular complexity index is 3780. The number of imidazole rings is 1. The molecule has 5 aromatic heterocycles. The number of phenolic OH excluding ortho intramolecular Hbond substituents is 1. The Morgan fingerprint density at radius 3 is 1.82 bits per heavy atom. The number of nitrogens with one attached hydrogen (secondary N) is 2. The molecular formula is C48H49N13O19P2. The number of primary amides is 1. The Labute approximate surface area is 460 Å². The maximum absolute atomic E-state index is 12.4. The number of carbonyl (C=O) groups excluding carboxylic acids is 1. The van der Waals surface area contributed by atoms with E-state index in [1.54, 1.807) is 6.08 Å². The number of allylic oxidation sites excluding steroid dienone is 1. The van der Waals surface area contributed by atoms with E-state index in [9.17, 15) is 69.5 Å². The van der Waals surface area contributed by atoms with Crippen molar-refractivity contribution < 1.29 is 81.9 Å². The molecule has 1 amide bonds. The largest absolute Gasteiger partial charge is 0.502 e. The van der Waals surface area contributed by atoms with Gasteiger partial charge in [-0.25, -0.2) is 34.0 Å². The molecule has 13 N–H and O–H groups in total. The third-order valence-electron chi connectivity index (χ3n) is 12.6. The number of fused-ring (bicyclic) bond motifs is 9. The van der Waals surface area contributed by atoms with E-state index in [0.717, 1.165) is 63.3 Å². The number of nitrogens with two attached hydrogens (primary N) is 2. The first-order valence-electron chi connectivity index (χ1n) is 24.1. The van der Waals surface area contributed by atoms with Crippen LogP contribution in [0.4, 0.5) is 17.2 Å². The highest BCUT2D eigenvalue weighted by Crippen LogP contribution is 2.61. The van der Waals surface area contributed by atoms with Gasteiger partial charge in [-0.3, -0.25) is 38.6 Å². The molecule has 2 fully saturated rings. The Balaban J connectivity index is 0.000000176. The first kappa shape index (κ1) is 58.2. The van der Waals surface area contributed by atoms with Gasteiger partial charge in [0.25, 0.3) is 5.69 Å². The van der Waals surface area contributed by atoms with Crippen molar-refractivity contribution in [3.63, 3.8) is 0 Å². The van der Waals surface area contributed by atoms with Crippen LogP contribution in [0.2, 0.25) is 0 Å². The zero-order chi connectivity index (χ0) is 58.8. The van der Waals surface area contributed by atoms with Gasteiger partial charge in [0.15, 0.2) is 29.7 Å². The number of carbonyl (C=O) groups is 1. The fourth-order valence-corrected chi connectivity index (χ4v) is 10.7. The summed E-state index contributed by atoms with van der Waals surface area (Å²) in [5.74, 6) is -1.20. The molecule has 5 aliphatic rings. The number of nitro groups is 2. The maximum atomic E-state index is 12.4. The van der Waals surface area contributed by atoms with Crippen LogP contribution in [0, 0.1) is 27.2 Å². The van der Waals surface area contributed by atoms with Gasteiger partial charge in [0, 0.05) is 51.7 Å². The molecule has 0 spiro atoms. The number of aliphatic hydroxyl groups excluding tert-OH is 4. The number of aryl methyl sites for hydroxylation is 1. The lowest BCUT2D eigenvalue weighted by atomic mass is 10.1. The molecule has 8 bridgehead atoms. The molecule has 0 aliphatic carbocycles. The molecule has 34 heteroatoms. The highest BCUT2D eigenvalue weighted by molar-refractivity contribution is 7.61. The molecule has 0 saturated carbocycles. The lowest BCUT2D eigenvalue weighted by Crippen LogP contribution is -2.40. The monoisotopic (exact) mass is 1170 g/mol. The number of benzene rings is 1. The Kier molecular flexibility index (Phi) is 17.0.